The fraction of sp³-hybridized carbons (Fsp3) is 0.471. The van der Waals surface area contributed by atoms with E-state index in [0.29, 0.717) is 17.9 Å². The van der Waals surface area contributed by atoms with E-state index in [-0.39, 0.29) is 23.3 Å². The van der Waals surface area contributed by atoms with Gasteiger partial charge in [0.1, 0.15) is 6.04 Å². The maximum absolute atomic E-state index is 12.1. The number of halogens is 1. The van der Waals surface area contributed by atoms with E-state index in [1.54, 1.807) is 0 Å². The minimum atomic E-state index is -0.800. The summed E-state index contributed by atoms with van der Waals surface area (Å²) in [4.78, 5) is 35.8. The van der Waals surface area contributed by atoms with E-state index >= 15 is 0 Å². The maximum Gasteiger partial charge on any atom is 0.338 e. The summed E-state index contributed by atoms with van der Waals surface area (Å²) in [5.74, 6) is -1.06. The van der Waals surface area contributed by atoms with Crippen molar-refractivity contribution in [3.8, 4) is 11.5 Å². The van der Waals surface area contributed by atoms with Crippen molar-refractivity contribution in [2.45, 2.75) is 26.3 Å². The van der Waals surface area contributed by atoms with Crippen LogP contribution in [0.15, 0.2) is 12.1 Å². The van der Waals surface area contributed by atoms with Crippen LogP contribution in [0.5, 0.6) is 11.5 Å². The number of amides is 1. The van der Waals surface area contributed by atoms with Gasteiger partial charge in [0.15, 0.2) is 18.1 Å². The van der Waals surface area contributed by atoms with Crippen molar-refractivity contribution < 1.29 is 33.3 Å². The third-order valence-electron chi connectivity index (χ3n) is 3.53. The van der Waals surface area contributed by atoms with E-state index in [2.05, 4.69) is 10.1 Å². The lowest BCUT2D eigenvalue weighted by Gasteiger charge is -2.18. The number of fused-ring (bicyclic) bond motifs is 1. The van der Waals surface area contributed by atoms with Crippen molar-refractivity contribution in [1.82, 2.24) is 5.32 Å². The molecule has 0 aromatic heterocycles. The molecule has 1 aromatic rings. The normalized spacial score (nSPS) is 13.3. The summed E-state index contributed by atoms with van der Waals surface area (Å²) in [7, 11) is 1.24. The minimum Gasteiger partial charge on any atom is -0.467 e. The van der Waals surface area contributed by atoms with Crippen LogP contribution in [0.25, 0.3) is 0 Å². The quantitative estimate of drug-likeness (QED) is 0.715. The molecule has 0 unspecified atom stereocenters. The summed E-state index contributed by atoms with van der Waals surface area (Å²) in [6, 6.07) is 1.99. The predicted molar refractivity (Wildman–Crippen MR) is 91.3 cm³/mol. The second-order valence-electron chi connectivity index (χ2n) is 6.04. The van der Waals surface area contributed by atoms with Crippen LogP contribution in [0.2, 0.25) is 5.02 Å². The SMILES string of the molecule is COC(=O)[C@@H](CC(C)C)NC(=O)COC(=O)c1cc(Cl)c2c(c1)OCO2. The zero-order valence-electron chi connectivity index (χ0n) is 14.7. The number of nitrogens with one attached hydrogen (secondary N) is 1. The minimum absolute atomic E-state index is 0.0146. The third kappa shape index (κ3) is 5.01. The van der Waals surface area contributed by atoms with Gasteiger partial charge in [-0.1, -0.05) is 25.4 Å². The molecule has 142 valence electrons. The van der Waals surface area contributed by atoms with E-state index in [1.165, 1.54) is 19.2 Å². The molecule has 0 spiro atoms. The summed E-state index contributed by atoms with van der Waals surface area (Å²) < 4.78 is 20.0. The molecule has 1 atom stereocenters. The van der Waals surface area contributed by atoms with E-state index in [0.717, 1.165) is 0 Å². The van der Waals surface area contributed by atoms with Crippen LogP contribution >= 0.6 is 11.6 Å². The standard InChI is InChI=1S/C17H20ClNO7/c1-9(2)4-12(17(22)23-3)19-14(20)7-24-16(21)10-5-11(18)15-13(6-10)25-8-26-15/h5-6,9,12H,4,7-8H2,1-3H3,(H,19,20)/t12-/m1/s1. The molecule has 1 aliphatic rings. The molecule has 0 saturated heterocycles. The first-order valence-electron chi connectivity index (χ1n) is 7.95. The molecule has 1 aromatic carbocycles. The second-order valence-corrected chi connectivity index (χ2v) is 6.45. The molecule has 2 rings (SSSR count). The van der Waals surface area contributed by atoms with Crippen molar-refractivity contribution in [1.29, 1.82) is 0 Å². The molecule has 1 aliphatic heterocycles. The number of rotatable bonds is 7. The van der Waals surface area contributed by atoms with Crippen LogP contribution in [-0.2, 0) is 19.1 Å². The highest BCUT2D eigenvalue weighted by Crippen LogP contribution is 2.39. The average molecular weight is 386 g/mol. The van der Waals surface area contributed by atoms with Crippen molar-refractivity contribution in [2.75, 3.05) is 20.5 Å². The first kappa shape index (κ1) is 19.8. The molecule has 0 bridgehead atoms. The summed E-state index contributed by atoms with van der Waals surface area (Å²) in [6.45, 7) is 3.29. The number of carbonyl (C=O) groups is 3. The first-order chi connectivity index (χ1) is 12.3. The van der Waals surface area contributed by atoms with Crippen LogP contribution < -0.4 is 14.8 Å². The Kier molecular flexibility index (Phi) is 6.68. The Morgan fingerprint density at radius 3 is 2.65 bits per heavy atom. The van der Waals surface area contributed by atoms with Gasteiger partial charge in [0.05, 0.1) is 17.7 Å². The largest absolute Gasteiger partial charge is 0.467 e. The Hall–Kier alpha value is -2.48. The van der Waals surface area contributed by atoms with Crippen LogP contribution in [0.3, 0.4) is 0 Å². The summed E-state index contributed by atoms with van der Waals surface area (Å²) in [5.41, 5.74) is 0.124. The van der Waals surface area contributed by atoms with Gasteiger partial charge < -0.3 is 24.3 Å². The fourth-order valence-corrected chi connectivity index (χ4v) is 2.63. The molecule has 1 N–H and O–H groups in total. The van der Waals surface area contributed by atoms with Crippen molar-refractivity contribution in [3.05, 3.63) is 22.7 Å². The molecule has 0 aliphatic carbocycles. The van der Waals surface area contributed by atoms with Crippen molar-refractivity contribution in [2.24, 2.45) is 5.92 Å². The summed E-state index contributed by atoms with van der Waals surface area (Å²) in [5, 5.41) is 2.70. The molecular weight excluding hydrogens is 366 g/mol. The molecule has 9 heteroatoms. The highest BCUT2D eigenvalue weighted by Gasteiger charge is 2.24. The topological polar surface area (TPSA) is 100 Å². The first-order valence-corrected chi connectivity index (χ1v) is 8.33. The van der Waals surface area contributed by atoms with Crippen LogP contribution in [0.4, 0.5) is 0 Å². The Morgan fingerprint density at radius 2 is 2.00 bits per heavy atom. The molecule has 0 fully saturated rings. The van der Waals surface area contributed by atoms with Gasteiger partial charge in [-0.25, -0.2) is 9.59 Å². The van der Waals surface area contributed by atoms with E-state index < -0.39 is 30.5 Å². The number of methoxy groups -OCH3 is 1. The molecule has 8 nitrogen and oxygen atoms in total. The second kappa shape index (κ2) is 8.75. The zero-order chi connectivity index (χ0) is 19.3. The maximum atomic E-state index is 12.1. The zero-order valence-corrected chi connectivity index (χ0v) is 15.4. The van der Waals surface area contributed by atoms with Gasteiger partial charge >= 0.3 is 11.9 Å². The van der Waals surface area contributed by atoms with Gasteiger partial charge in [-0.2, -0.15) is 0 Å². The lowest BCUT2D eigenvalue weighted by Crippen LogP contribution is -2.44. The molecule has 26 heavy (non-hydrogen) atoms. The molecule has 1 amide bonds. The van der Waals surface area contributed by atoms with Gasteiger partial charge in [0.2, 0.25) is 6.79 Å². The Bertz CT molecular complexity index is 705. The van der Waals surface area contributed by atoms with Crippen molar-refractivity contribution >= 4 is 29.4 Å². The van der Waals surface area contributed by atoms with Crippen LogP contribution in [0, 0.1) is 5.92 Å². The number of benzene rings is 1. The highest BCUT2D eigenvalue weighted by molar-refractivity contribution is 6.32. The van der Waals surface area contributed by atoms with Crippen molar-refractivity contribution in [3.63, 3.8) is 0 Å². The number of ether oxygens (including phenoxy) is 4. The fourth-order valence-electron chi connectivity index (χ4n) is 2.36. The smallest absolute Gasteiger partial charge is 0.338 e. The number of esters is 2. The summed E-state index contributed by atoms with van der Waals surface area (Å²) >= 11 is 6.01. The van der Waals surface area contributed by atoms with Crippen LogP contribution in [0.1, 0.15) is 30.6 Å². The average Bonchev–Trinajstić information content (AvgIpc) is 3.07. The van der Waals surface area contributed by atoms with Crippen LogP contribution in [-0.4, -0.2) is 44.4 Å². The van der Waals surface area contributed by atoms with Gasteiger partial charge in [0.25, 0.3) is 5.91 Å². The van der Waals surface area contributed by atoms with Gasteiger partial charge in [-0.05, 0) is 24.5 Å². The van der Waals surface area contributed by atoms with E-state index in [4.69, 9.17) is 25.8 Å². The van der Waals surface area contributed by atoms with E-state index in [9.17, 15) is 14.4 Å². The Labute approximate surface area is 155 Å². The monoisotopic (exact) mass is 385 g/mol. The highest BCUT2D eigenvalue weighted by atomic mass is 35.5. The summed E-state index contributed by atoms with van der Waals surface area (Å²) in [6.07, 6.45) is 0.407. The van der Waals surface area contributed by atoms with Gasteiger partial charge in [-0.3, -0.25) is 4.79 Å². The number of hydrogen-bond acceptors (Lipinski definition) is 7. The molecule has 0 radical (unpaired) electrons. The number of carbonyl (C=O) groups excluding carboxylic acids is 3. The Balaban J connectivity index is 1.93. The predicted octanol–water partition coefficient (Wildman–Crippen LogP) is 1.93. The van der Waals surface area contributed by atoms with Gasteiger partial charge in [0, 0.05) is 0 Å². The number of hydrogen-bond donors (Lipinski definition) is 1. The Morgan fingerprint density at radius 1 is 1.27 bits per heavy atom. The lowest BCUT2D eigenvalue weighted by atomic mass is 10.0. The lowest BCUT2D eigenvalue weighted by molar-refractivity contribution is -0.145. The van der Waals surface area contributed by atoms with E-state index in [1.807, 2.05) is 13.8 Å². The van der Waals surface area contributed by atoms with Gasteiger partial charge in [-0.15, -0.1) is 0 Å². The molecule has 1 heterocycles. The third-order valence-corrected chi connectivity index (χ3v) is 3.81. The molecular formula is C17H20ClNO7. The molecule has 0 saturated carbocycles.